The highest BCUT2D eigenvalue weighted by Gasteiger charge is 2.36. The number of carbonyl (C=O) groups is 1. The van der Waals surface area contributed by atoms with Crippen LogP contribution in [0.15, 0.2) is 0 Å². The number of hydrogen-bond donors (Lipinski definition) is 2. The van der Waals surface area contributed by atoms with Gasteiger partial charge in [-0.3, -0.25) is 0 Å². The summed E-state index contributed by atoms with van der Waals surface area (Å²) in [5.41, 5.74) is 0. The molecule has 0 radical (unpaired) electrons. The molecule has 0 aromatic heterocycles. The van der Waals surface area contributed by atoms with Crippen LogP contribution in [-0.4, -0.2) is 49.3 Å². The van der Waals surface area contributed by atoms with Crippen LogP contribution in [0.2, 0.25) is 6.04 Å². The molecule has 0 aliphatic heterocycles. The second-order valence-electron chi connectivity index (χ2n) is 5.45. The smallest absolute Gasteiger partial charge is 0.377 e. The van der Waals surface area contributed by atoms with Gasteiger partial charge in [0.2, 0.25) is 0 Å². The van der Waals surface area contributed by atoms with E-state index in [9.17, 15) is 4.79 Å². The molecule has 0 fully saturated rings. The Balaban J connectivity index is 3.85. The maximum Gasteiger partial charge on any atom is 0.500 e. The average molecular weight is 335 g/mol. The minimum absolute atomic E-state index is 0.102. The Hall–Kier alpha value is -0.633. The summed E-state index contributed by atoms with van der Waals surface area (Å²) in [4.78, 5) is 11.8. The van der Waals surface area contributed by atoms with Crippen LogP contribution in [0.25, 0.3) is 0 Å². The largest absolute Gasteiger partial charge is 0.500 e. The maximum absolute atomic E-state index is 11.8. The van der Waals surface area contributed by atoms with Crippen molar-refractivity contribution < 1.29 is 18.1 Å². The topological polar surface area (TPSA) is 68.8 Å². The number of hydrogen-bond acceptors (Lipinski definition) is 4. The van der Waals surface area contributed by atoms with Gasteiger partial charge in [-0.25, -0.2) is 4.79 Å². The summed E-state index contributed by atoms with van der Waals surface area (Å²) >= 11 is 0. The fourth-order valence-corrected chi connectivity index (χ4v) is 4.03. The Morgan fingerprint density at radius 1 is 1.05 bits per heavy atom. The molecule has 7 heteroatoms. The van der Waals surface area contributed by atoms with E-state index in [2.05, 4.69) is 24.5 Å². The summed E-state index contributed by atoms with van der Waals surface area (Å²) in [6.45, 7) is 5.69. The predicted molar refractivity (Wildman–Crippen MR) is 90.9 cm³/mol. The zero-order chi connectivity index (χ0) is 16.8. The van der Waals surface area contributed by atoms with Gasteiger partial charge >= 0.3 is 14.8 Å². The average Bonchev–Trinajstić information content (AvgIpc) is 2.56. The summed E-state index contributed by atoms with van der Waals surface area (Å²) < 4.78 is 16.0. The number of rotatable bonds is 13. The monoisotopic (exact) mass is 334 g/mol. The first-order chi connectivity index (χ1) is 10.6. The molecule has 1 atom stereocenters. The second kappa shape index (κ2) is 12.9. The molecule has 0 saturated heterocycles. The molecule has 0 saturated carbocycles. The van der Waals surface area contributed by atoms with E-state index in [1.54, 1.807) is 21.3 Å². The summed E-state index contributed by atoms with van der Waals surface area (Å²) in [6.07, 6.45) is 5.47. The number of unbranched alkanes of at least 4 members (excludes halogenated alkanes) is 1. The van der Waals surface area contributed by atoms with Crippen LogP contribution in [0.1, 0.15) is 46.0 Å². The molecule has 0 aliphatic carbocycles. The van der Waals surface area contributed by atoms with Gasteiger partial charge in [0.05, 0.1) is 0 Å². The van der Waals surface area contributed by atoms with Gasteiger partial charge < -0.3 is 23.9 Å². The molecule has 0 aliphatic rings. The molecule has 1 unspecified atom stereocenters. The van der Waals surface area contributed by atoms with Crippen LogP contribution in [-0.2, 0) is 13.3 Å². The number of urea groups is 1. The minimum atomic E-state index is -2.52. The van der Waals surface area contributed by atoms with Crippen molar-refractivity contribution in [3.05, 3.63) is 0 Å². The number of carbonyl (C=O) groups excluding carboxylic acids is 1. The standard InChI is InChI=1S/C15H34N2O4Si/c1-6-8-10-14(7-2)13-17-15(18)16-11-9-12-22(19-3,20-4)21-5/h14H,6-13H2,1-5H3,(H2,16,17,18). The van der Waals surface area contributed by atoms with E-state index in [0.717, 1.165) is 19.4 Å². The van der Waals surface area contributed by atoms with E-state index in [4.69, 9.17) is 13.3 Å². The van der Waals surface area contributed by atoms with Gasteiger partial charge in [-0.05, 0) is 18.8 Å². The fourth-order valence-electron chi connectivity index (χ4n) is 2.31. The van der Waals surface area contributed by atoms with Crippen molar-refractivity contribution in [1.29, 1.82) is 0 Å². The summed E-state index contributed by atoms with van der Waals surface area (Å²) in [6, 6.07) is 0.583. The van der Waals surface area contributed by atoms with E-state index >= 15 is 0 Å². The zero-order valence-corrected chi connectivity index (χ0v) is 15.9. The summed E-state index contributed by atoms with van der Waals surface area (Å²) in [7, 11) is 2.28. The SMILES string of the molecule is CCCCC(CC)CNC(=O)NCCC[Si](OC)(OC)OC. The Labute approximate surface area is 136 Å². The van der Waals surface area contributed by atoms with E-state index in [1.165, 1.54) is 19.3 Å². The van der Waals surface area contributed by atoms with Crippen LogP contribution < -0.4 is 10.6 Å². The third kappa shape index (κ3) is 8.72. The molecule has 22 heavy (non-hydrogen) atoms. The Morgan fingerprint density at radius 2 is 1.68 bits per heavy atom. The highest BCUT2D eigenvalue weighted by molar-refractivity contribution is 6.60. The van der Waals surface area contributed by atoms with Crippen LogP contribution in [0.3, 0.4) is 0 Å². The Morgan fingerprint density at radius 3 is 2.18 bits per heavy atom. The van der Waals surface area contributed by atoms with Gasteiger partial charge in [-0.15, -0.1) is 0 Å². The lowest BCUT2D eigenvalue weighted by atomic mass is 9.99. The van der Waals surface area contributed by atoms with Gasteiger partial charge in [0.25, 0.3) is 0 Å². The third-order valence-corrected chi connectivity index (χ3v) is 6.80. The molecule has 6 nitrogen and oxygen atoms in total. The normalized spacial score (nSPS) is 13.0. The van der Waals surface area contributed by atoms with Crippen LogP contribution in [0.4, 0.5) is 4.79 Å². The van der Waals surface area contributed by atoms with E-state index in [1.807, 2.05) is 0 Å². The van der Waals surface area contributed by atoms with Gasteiger partial charge in [-0.2, -0.15) is 0 Å². The minimum Gasteiger partial charge on any atom is -0.377 e. The first-order valence-electron chi connectivity index (χ1n) is 8.24. The summed E-state index contributed by atoms with van der Waals surface area (Å²) in [5.74, 6) is 0.571. The van der Waals surface area contributed by atoms with E-state index in [-0.39, 0.29) is 6.03 Å². The summed E-state index contributed by atoms with van der Waals surface area (Å²) in [5, 5.41) is 5.82. The van der Waals surface area contributed by atoms with Crippen molar-refractivity contribution >= 4 is 14.8 Å². The van der Waals surface area contributed by atoms with Crippen LogP contribution in [0, 0.1) is 5.92 Å². The Kier molecular flexibility index (Phi) is 12.5. The number of nitrogens with one attached hydrogen (secondary N) is 2. The van der Waals surface area contributed by atoms with Crippen molar-refractivity contribution in [3.63, 3.8) is 0 Å². The first kappa shape index (κ1) is 21.4. The molecule has 0 spiro atoms. The second-order valence-corrected chi connectivity index (χ2v) is 8.54. The van der Waals surface area contributed by atoms with Crippen molar-refractivity contribution in [3.8, 4) is 0 Å². The molecule has 132 valence electrons. The van der Waals surface area contributed by atoms with Crippen LogP contribution >= 0.6 is 0 Å². The molecule has 0 bridgehead atoms. The van der Waals surface area contributed by atoms with Crippen molar-refractivity contribution in [1.82, 2.24) is 10.6 Å². The zero-order valence-electron chi connectivity index (χ0n) is 14.9. The molecular formula is C15H34N2O4Si. The van der Waals surface area contributed by atoms with Crippen molar-refractivity contribution in [2.45, 2.75) is 52.0 Å². The van der Waals surface area contributed by atoms with E-state index < -0.39 is 8.80 Å². The lowest BCUT2D eigenvalue weighted by Gasteiger charge is -2.24. The lowest BCUT2D eigenvalue weighted by Crippen LogP contribution is -2.44. The molecule has 0 aromatic rings. The lowest BCUT2D eigenvalue weighted by molar-refractivity contribution is 0.123. The van der Waals surface area contributed by atoms with Gasteiger partial charge in [-0.1, -0.05) is 33.1 Å². The molecule has 0 rings (SSSR count). The van der Waals surface area contributed by atoms with Gasteiger partial charge in [0.1, 0.15) is 0 Å². The van der Waals surface area contributed by atoms with Gasteiger partial charge in [0.15, 0.2) is 0 Å². The molecular weight excluding hydrogens is 300 g/mol. The fraction of sp³-hybridized carbons (Fsp3) is 0.933. The highest BCUT2D eigenvalue weighted by atomic mass is 28.4. The highest BCUT2D eigenvalue weighted by Crippen LogP contribution is 2.14. The van der Waals surface area contributed by atoms with Crippen molar-refractivity contribution in [2.75, 3.05) is 34.4 Å². The first-order valence-corrected chi connectivity index (χ1v) is 10.2. The molecule has 0 heterocycles. The third-order valence-electron chi connectivity index (χ3n) is 3.97. The molecule has 0 aromatic carbocycles. The molecule has 2 N–H and O–H groups in total. The predicted octanol–water partition coefficient (Wildman–Crippen LogP) is 2.77. The van der Waals surface area contributed by atoms with Crippen molar-refractivity contribution in [2.24, 2.45) is 5.92 Å². The number of amides is 2. The van der Waals surface area contributed by atoms with Crippen LogP contribution in [0.5, 0.6) is 0 Å². The Bertz CT molecular complexity index is 280. The maximum atomic E-state index is 11.8. The quantitative estimate of drug-likeness (QED) is 0.401. The van der Waals surface area contributed by atoms with E-state index in [0.29, 0.717) is 18.5 Å². The molecule has 2 amide bonds. The van der Waals surface area contributed by atoms with Gasteiger partial charge in [0, 0.05) is 40.5 Å².